The van der Waals surface area contributed by atoms with Crippen molar-refractivity contribution in [3.63, 3.8) is 0 Å². The standard InChI is InChI=1S/C23H23N5O5/c1-27-17(12-13-4-8-15(29)9-5-13)18(19(30)14-6-10-16(33-3)11-7-14)24-22(27)25-20-21(31)28(2)23(32)26-20/h4-11,19,29-30H,12H2,1-3H3,(H,24,25,26,32). The van der Waals surface area contributed by atoms with Crippen molar-refractivity contribution >= 4 is 23.7 Å². The highest BCUT2D eigenvalue weighted by molar-refractivity contribution is 6.47. The van der Waals surface area contributed by atoms with Crippen LogP contribution in [0.1, 0.15) is 28.6 Å². The number of nitrogens with one attached hydrogen (secondary N) is 1. The van der Waals surface area contributed by atoms with E-state index in [9.17, 15) is 19.8 Å². The number of amidine groups is 1. The maximum atomic E-state index is 12.3. The van der Waals surface area contributed by atoms with Crippen LogP contribution < -0.4 is 10.1 Å². The second kappa shape index (κ2) is 8.75. The Morgan fingerprint density at radius 1 is 1.09 bits per heavy atom. The van der Waals surface area contributed by atoms with Crippen molar-refractivity contribution in [2.24, 2.45) is 12.0 Å². The van der Waals surface area contributed by atoms with Gasteiger partial charge in [0.1, 0.15) is 17.6 Å². The molecule has 0 bridgehead atoms. The van der Waals surface area contributed by atoms with E-state index in [4.69, 9.17) is 4.74 Å². The number of imide groups is 1. The van der Waals surface area contributed by atoms with Crippen molar-refractivity contribution in [1.29, 1.82) is 0 Å². The summed E-state index contributed by atoms with van der Waals surface area (Å²) in [5.74, 6) is 0.250. The molecule has 3 aromatic rings. The van der Waals surface area contributed by atoms with Gasteiger partial charge in [-0.3, -0.25) is 15.0 Å². The van der Waals surface area contributed by atoms with Crippen molar-refractivity contribution in [2.45, 2.75) is 12.5 Å². The lowest BCUT2D eigenvalue weighted by atomic mass is 10.0. The molecule has 0 radical (unpaired) electrons. The number of methoxy groups -OCH3 is 1. The first-order valence-electron chi connectivity index (χ1n) is 10.1. The van der Waals surface area contributed by atoms with Gasteiger partial charge in [-0.15, -0.1) is 0 Å². The zero-order valence-corrected chi connectivity index (χ0v) is 18.3. The fourth-order valence-corrected chi connectivity index (χ4v) is 3.48. The monoisotopic (exact) mass is 449 g/mol. The molecule has 2 aromatic carbocycles. The lowest BCUT2D eigenvalue weighted by Gasteiger charge is -2.13. The molecule has 1 unspecified atom stereocenters. The molecule has 1 saturated heterocycles. The number of hydrogen-bond acceptors (Lipinski definition) is 7. The van der Waals surface area contributed by atoms with Crippen LogP contribution in [-0.4, -0.2) is 56.6 Å². The van der Waals surface area contributed by atoms with Crippen LogP contribution in [-0.2, 0) is 18.3 Å². The minimum atomic E-state index is -1.07. The van der Waals surface area contributed by atoms with E-state index in [-0.39, 0.29) is 17.5 Å². The molecule has 1 atom stereocenters. The Hall–Kier alpha value is -4.18. The number of imidazole rings is 1. The molecule has 33 heavy (non-hydrogen) atoms. The van der Waals surface area contributed by atoms with Crippen LogP contribution in [0.4, 0.5) is 10.7 Å². The first-order chi connectivity index (χ1) is 15.8. The second-order valence-electron chi connectivity index (χ2n) is 7.58. The highest BCUT2D eigenvalue weighted by Gasteiger charge is 2.33. The van der Waals surface area contributed by atoms with Gasteiger partial charge in [0.15, 0.2) is 0 Å². The van der Waals surface area contributed by atoms with Gasteiger partial charge in [-0.2, -0.15) is 4.99 Å². The largest absolute Gasteiger partial charge is 0.508 e. The predicted octanol–water partition coefficient (Wildman–Crippen LogP) is 2.02. The van der Waals surface area contributed by atoms with Gasteiger partial charge < -0.3 is 19.5 Å². The number of carbonyl (C=O) groups excluding carboxylic acids is 2. The summed E-state index contributed by atoms with van der Waals surface area (Å²) in [4.78, 5) is 33.7. The zero-order chi connectivity index (χ0) is 23.7. The average Bonchev–Trinajstić information content (AvgIpc) is 3.25. The van der Waals surface area contributed by atoms with Gasteiger partial charge in [-0.1, -0.05) is 24.3 Å². The zero-order valence-electron chi connectivity index (χ0n) is 18.3. The van der Waals surface area contributed by atoms with Crippen LogP contribution in [0, 0.1) is 0 Å². The number of aromatic hydroxyl groups is 1. The third kappa shape index (κ3) is 4.28. The van der Waals surface area contributed by atoms with Gasteiger partial charge >= 0.3 is 6.03 Å². The SMILES string of the molecule is COc1ccc(C(O)c2nc(/N=C3/NC(=O)N(C)C3=O)n(C)c2Cc2ccc(O)cc2)cc1. The van der Waals surface area contributed by atoms with Crippen molar-refractivity contribution in [3.8, 4) is 11.5 Å². The van der Waals surface area contributed by atoms with Crippen LogP contribution >= 0.6 is 0 Å². The Morgan fingerprint density at radius 2 is 1.76 bits per heavy atom. The molecule has 3 amide bonds. The summed E-state index contributed by atoms with van der Waals surface area (Å²) in [5, 5.41) is 23.1. The van der Waals surface area contributed by atoms with E-state index in [0.717, 1.165) is 10.5 Å². The lowest BCUT2D eigenvalue weighted by Crippen LogP contribution is -2.25. The average molecular weight is 449 g/mol. The van der Waals surface area contributed by atoms with Crippen LogP contribution in [0.25, 0.3) is 0 Å². The van der Waals surface area contributed by atoms with Crippen LogP contribution in [0.3, 0.4) is 0 Å². The highest BCUT2D eigenvalue weighted by atomic mass is 16.5. The number of hydrogen-bond donors (Lipinski definition) is 3. The number of amides is 3. The molecule has 0 spiro atoms. The van der Waals surface area contributed by atoms with E-state index < -0.39 is 18.0 Å². The fourth-order valence-electron chi connectivity index (χ4n) is 3.48. The summed E-state index contributed by atoms with van der Waals surface area (Å²) in [6.07, 6.45) is -0.683. The van der Waals surface area contributed by atoms with Gasteiger partial charge in [-0.05, 0) is 35.4 Å². The number of nitrogens with zero attached hydrogens (tertiary/aromatic N) is 4. The van der Waals surface area contributed by atoms with Crippen LogP contribution in [0.5, 0.6) is 11.5 Å². The number of urea groups is 1. The molecule has 1 aliphatic rings. The predicted molar refractivity (Wildman–Crippen MR) is 120 cm³/mol. The number of phenolic OH excluding ortho intramolecular Hbond substituents is 1. The summed E-state index contributed by atoms with van der Waals surface area (Å²) >= 11 is 0. The molecule has 0 aliphatic carbocycles. The number of ether oxygens (including phenoxy) is 1. The summed E-state index contributed by atoms with van der Waals surface area (Å²) in [7, 11) is 4.64. The van der Waals surface area contributed by atoms with Gasteiger partial charge in [0.25, 0.3) is 5.91 Å². The van der Waals surface area contributed by atoms with Gasteiger partial charge in [-0.25, -0.2) is 9.78 Å². The third-order valence-electron chi connectivity index (χ3n) is 5.47. The van der Waals surface area contributed by atoms with Crippen molar-refractivity contribution in [2.75, 3.05) is 14.2 Å². The number of phenols is 1. The van der Waals surface area contributed by atoms with E-state index in [0.29, 0.717) is 29.1 Å². The summed E-state index contributed by atoms with van der Waals surface area (Å²) < 4.78 is 6.85. The fraction of sp³-hybridized carbons (Fsp3) is 0.217. The van der Waals surface area contributed by atoms with Crippen molar-refractivity contribution in [3.05, 3.63) is 71.0 Å². The normalized spacial score (nSPS) is 15.8. The number of likely N-dealkylation sites (N-methyl/N-ethyl adjacent to an activating group) is 1. The Balaban J connectivity index is 1.77. The Kier molecular flexibility index (Phi) is 5.84. The quantitative estimate of drug-likeness (QED) is 0.494. The summed E-state index contributed by atoms with van der Waals surface area (Å²) in [6.45, 7) is 0. The minimum Gasteiger partial charge on any atom is -0.508 e. The molecular formula is C23H23N5O5. The van der Waals surface area contributed by atoms with Crippen LogP contribution in [0.15, 0.2) is 53.5 Å². The maximum absolute atomic E-state index is 12.3. The number of aliphatic imine (C=N–C) groups is 1. The minimum absolute atomic E-state index is 0.141. The van der Waals surface area contributed by atoms with Crippen molar-refractivity contribution < 1.29 is 24.5 Å². The molecule has 10 nitrogen and oxygen atoms in total. The molecule has 0 saturated carbocycles. The molecular weight excluding hydrogens is 426 g/mol. The Bertz CT molecular complexity index is 1230. The number of carbonyl (C=O) groups is 2. The van der Waals surface area contributed by atoms with Crippen LogP contribution in [0.2, 0.25) is 0 Å². The van der Waals surface area contributed by atoms with E-state index >= 15 is 0 Å². The summed E-state index contributed by atoms with van der Waals surface area (Å²) in [6, 6.07) is 13.1. The molecule has 1 fully saturated rings. The van der Waals surface area contributed by atoms with E-state index in [1.807, 2.05) is 0 Å². The highest BCUT2D eigenvalue weighted by Crippen LogP contribution is 2.30. The molecule has 170 valence electrons. The first kappa shape index (κ1) is 22.0. The van der Waals surface area contributed by atoms with E-state index in [1.165, 1.54) is 7.05 Å². The maximum Gasteiger partial charge on any atom is 0.329 e. The molecule has 10 heteroatoms. The number of aliphatic hydroxyl groups excluding tert-OH is 1. The molecule has 1 aromatic heterocycles. The second-order valence-corrected chi connectivity index (χ2v) is 7.58. The van der Waals surface area contributed by atoms with E-state index in [2.05, 4.69) is 15.3 Å². The number of rotatable bonds is 6. The van der Waals surface area contributed by atoms with Gasteiger partial charge in [0.05, 0.1) is 12.8 Å². The molecule has 2 heterocycles. The Labute approximate surface area is 189 Å². The topological polar surface area (TPSA) is 129 Å². The smallest absolute Gasteiger partial charge is 0.329 e. The van der Waals surface area contributed by atoms with Gasteiger partial charge in [0, 0.05) is 26.2 Å². The van der Waals surface area contributed by atoms with Crippen molar-refractivity contribution in [1.82, 2.24) is 19.8 Å². The number of benzene rings is 2. The molecule has 4 rings (SSSR count). The summed E-state index contributed by atoms with van der Waals surface area (Å²) in [5.41, 5.74) is 2.50. The van der Waals surface area contributed by atoms with Gasteiger partial charge in [0.2, 0.25) is 11.8 Å². The number of aliphatic hydroxyl groups is 1. The lowest BCUT2D eigenvalue weighted by molar-refractivity contribution is -0.119. The molecule has 1 aliphatic heterocycles. The molecule has 3 N–H and O–H groups in total. The first-order valence-corrected chi connectivity index (χ1v) is 10.1. The number of aromatic nitrogens is 2. The third-order valence-corrected chi connectivity index (χ3v) is 5.47. The van der Waals surface area contributed by atoms with E-state index in [1.54, 1.807) is 67.3 Å². The Morgan fingerprint density at radius 3 is 2.33 bits per heavy atom.